The Morgan fingerprint density at radius 2 is 2.00 bits per heavy atom. The Hall–Kier alpha value is -2.38. The van der Waals surface area contributed by atoms with Gasteiger partial charge in [-0.15, -0.1) is 0 Å². The second-order valence-corrected chi connectivity index (χ2v) is 7.52. The maximum atomic E-state index is 12.7. The van der Waals surface area contributed by atoms with Crippen molar-refractivity contribution in [2.24, 2.45) is 0 Å². The van der Waals surface area contributed by atoms with E-state index in [4.69, 9.17) is 5.26 Å². The standard InChI is InChI=1S/C22H25N3O/c23-15-17-6-9-18-13-16(5-8-19(18)14-17)7-10-20-3-2-12-25(20)22(26)21-4-1-11-24-21/h5-6,8-9,13-14,20-21,24H,1-4,7,10-12H2/t20?,21-/m1/s1. The number of nitriles is 1. The smallest absolute Gasteiger partial charge is 0.239 e. The Bertz CT molecular complexity index is 848. The summed E-state index contributed by atoms with van der Waals surface area (Å²) < 4.78 is 0. The van der Waals surface area contributed by atoms with Gasteiger partial charge in [-0.1, -0.05) is 24.3 Å². The Balaban J connectivity index is 1.42. The monoisotopic (exact) mass is 347 g/mol. The number of carbonyl (C=O) groups is 1. The molecule has 4 heteroatoms. The van der Waals surface area contributed by atoms with Gasteiger partial charge in [-0.25, -0.2) is 0 Å². The maximum absolute atomic E-state index is 12.7. The number of hydrogen-bond donors (Lipinski definition) is 1. The third kappa shape index (κ3) is 3.45. The zero-order chi connectivity index (χ0) is 17.9. The molecule has 0 spiro atoms. The molecule has 1 unspecified atom stereocenters. The minimum atomic E-state index is 0.0469. The largest absolute Gasteiger partial charge is 0.338 e. The van der Waals surface area contributed by atoms with Gasteiger partial charge in [-0.2, -0.15) is 5.26 Å². The van der Waals surface area contributed by atoms with Crippen LogP contribution in [0, 0.1) is 11.3 Å². The van der Waals surface area contributed by atoms with E-state index in [1.54, 1.807) is 0 Å². The molecule has 1 amide bonds. The number of likely N-dealkylation sites (tertiary alicyclic amines) is 1. The van der Waals surface area contributed by atoms with Gasteiger partial charge in [-0.05, 0) is 73.5 Å². The summed E-state index contributed by atoms with van der Waals surface area (Å²) in [6.07, 6.45) is 6.36. The zero-order valence-corrected chi connectivity index (χ0v) is 15.1. The zero-order valence-electron chi connectivity index (χ0n) is 15.1. The number of nitrogens with one attached hydrogen (secondary N) is 1. The van der Waals surface area contributed by atoms with Gasteiger partial charge in [0.2, 0.25) is 5.91 Å². The average molecular weight is 347 g/mol. The lowest BCUT2D eigenvalue weighted by atomic mass is 9.99. The number of rotatable bonds is 4. The number of carbonyl (C=O) groups excluding carboxylic acids is 1. The summed E-state index contributed by atoms with van der Waals surface area (Å²) in [5.41, 5.74) is 2.01. The molecule has 0 radical (unpaired) electrons. The van der Waals surface area contributed by atoms with Crippen molar-refractivity contribution < 1.29 is 4.79 Å². The quantitative estimate of drug-likeness (QED) is 0.922. The lowest BCUT2D eigenvalue weighted by Gasteiger charge is -2.27. The molecule has 2 aliphatic heterocycles. The first-order chi connectivity index (χ1) is 12.7. The second kappa shape index (κ2) is 7.47. The molecule has 2 aliphatic rings. The normalized spacial score (nSPS) is 22.7. The topological polar surface area (TPSA) is 56.1 Å². The number of fused-ring (bicyclic) bond motifs is 1. The molecule has 2 aromatic carbocycles. The first-order valence-electron chi connectivity index (χ1n) is 9.71. The van der Waals surface area contributed by atoms with Gasteiger partial charge in [-0.3, -0.25) is 4.79 Å². The summed E-state index contributed by atoms with van der Waals surface area (Å²) in [6.45, 7) is 1.88. The molecular weight excluding hydrogens is 322 g/mol. The fourth-order valence-electron chi connectivity index (χ4n) is 4.38. The lowest BCUT2D eigenvalue weighted by molar-refractivity contribution is -0.134. The molecule has 0 aromatic heterocycles. The first-order valence-corrected chi connectivity index (χ1v) is 9.71. The van der Waals surface area contributed by atoms with E-state index in [9.17, 15) is 4.79 Å². The Morgan fingerprint density at radius 1 is 1.15 bits per heavy atom. The van der Waals surface area contributed by atoms with E-state index in [-0.39, 0.29) is 6.04 Å². The van der Waals surface area contributed by atoms with E-state index in [0.717, 1.165) is 57.0 Å². The minimum Gasteiger partial charge on any atom is -0.338 e. The van der Waals surface area contributed by atoms with Crippen LogP contribution in [0.15, 0.2) is 36.4 Å². The van der Waals surface area contributed by atoms with E-state index in [2.05, 4.69) is 34.5 Å². The number of amides is 1. The van der Waals surface area contributed by atoms with E-state index in [0.29, 0.717) is 17.5 Å². The minimum absolute atomic E-state index is 0.0469. The molecule has 0 aliphatic carbocycles. The van der Waals surface area contributed by atoms with Crippen molar-refractivity contribution in [3.63, 3.8) is 0 Å². The van der Waals surface area contributed by atoms with Crippen LogP contribution >= 0.6 is 0 Å². The van der Waals surface area contributed by atoms with Crippen molar-refractivity contribution in [2.45, 2.75) is 50.6 Å². The van der Waals surface area contributed by atoms with Crippen molar-refractivity contribution in [1.82, 2.24) is 10.2 Å². The Morgan fingerprint density at radius 3 is 2.81 bits per heavy atom. The van der Waals surface area contributed by atoms with Gasteiger partial charge in [0.05, 0.1) is 17.7 Å². The molecule has 2 saturated heterocycles. The third-order valence-corrected chi connectivity index (χ3v) is 5.82. The van der Waals surface area contributed by atoms with E-state index >= 15 is 0 Å². The van der Waals surface area contributed by atoms with E-state index in [1.165, 1.54) is 10.9 Å². The predicted octanol–water partition coefficient (Wildman–Crippen LogP) is 3.39. The summed E-state index contributed by atoms with van der Waals surface area (Å²) in [5.74, 6) is 0.313. The molecule has 4 nitrogen and oxygen atoms in total. The average Bonchev–Trinajstić information content (AvgIpc) is 3.37. The summed E-state index contributed by atoms with van der Waals surface area (Å²) >= 11 is 0. The number of nitrogens with zero attached hydrogens (tertiary/aromatic N) is 2. The van der Waals surface area contributed by atoms with Crippen molar-refractivity contribution in [3.8, 4) is 6.07 Å². The van der Waals surface area contributed by atoms with Crippen LogP contribution in [0.4, 0.5) is 0 Å². The maximum Gasteiger partial charge on any atom is 0.239 e. The summed E-state index contributed by atoms with van der Waals surface area (Å²) in [4.78, 5) is 14.9. The lowest BCUT2D eigenvalue weighted by Crippen LogP contribution is -2.45. The molecular formula is C22H25N3O. The van der Waals surface area contributed by atoms with Crippen LogP contribution in [0.2, 0.25) is 0 Å². The van der Waals surface area contributed by atoms with Gasteiger partial charge in [0.15, 0.2) is 0 Å². The first kappa shape index (κ1) is 17.1. The van der Waals surface area contributed by atoms with Crippen molar-refractivity contribution >= 4 is 16.7 Å². The molecule has 2 fully saturated rings. The molecule has 2 atom stereocenters. The van der Waals surface area contributed by atoms with Crippen LogP contribution in [-0.2, 0) is 11.2 Å². The number of benzene rings is 2. The Kier molecular flexibility index (Phi) is 4.90. The van der Waals surface area contributed by atoms with Gasteiger partial charge >= 0.3 is 0 Å². The highest BCUT2D eigenvalue weighted by atomic mass is 16.2. The predicted molar refractivity (Wildman–Crippen MR) is 103 cm³/mol. The van der Waals surface area contributed by atoms with Crippen LogP contribution < -0.4 is 5.32 Å². The molecule has 0 bridgehead atoms. The van der Waals surface area contributed by atoms with Crippen LogP contribution in [0.5, 0.6) is 0 Å². The third-order valence-electron chi connectivity index (χ3n) is 5.82. The summed E-state index contributed by atoms with van der Waals surface area (Å²) in [6, 6.07) is 14.9. The van der Waals surface area contributed by atoms with Crippen molar-refractivity contribution in [1.29, 1.82) is 5.26 Å². The highest BCUT2D eigenvalue weighted by molar-refractivity contribution is 5.84. The molecule has 0 saturated carbocycles. The van der Waals surface area contributed by atoms with E-state index in [1.807, 2.05) is 18.2 Å². The van der Waals surface area contributed by atoms with Gasteiger partial charge in [0.1, 0.15) is 0 Å². The van der Waals surface area contributed by atoms with Gasteiger partial charge in [0.25, 0.3) is 0 Å². The number of aryl methyl sites for hydroxylation is 1. The SMILES string of the molecule is N#Cc1ccc2cc(CCC3CCCN3C(=O)[C@H]3CCCN3)ccc2c1. The molecule has 26 heavy (non-hydrogen) atoms. The Labute approximate surface area is 154 Å². The molecule has 1 N–H and O–H groups in total. The van der Waals surface area contributed by atoms with Crippen molar-refractivity contribution in [3.05, 3.63) is 47.5 Å². The summed E-state index contributed by atoms with van der Waals surface area (Å²) in [5, 5.41) is 14.6. The van der Waals surface area contributed by atoms with Gasteiger partial charge < -0.3 is 10.2 Å². The summed E-state index contributed by atoms with van der Waals surface area (Å²) in [7, 11) is 0. The highest BCUT2D eigenvalue weighted by Gasteiger charge is 2.33. The molecule has 134 valence electrons. The fourth-order valence-corrected chi connectivity index (χ4v) is 4.38. The second-order valence-electron chi connectivity index (χ2n) is 7.52. The van der Waals surface area contributed by atoms with Gasteiger partial charge in [0, 0.05) is 12.6 Å². The van der Waals surface area contributed by atoms with E-state index < -0.39 is 0 Å². The van der Waals surface area contributed by atoms with Crippen LogP contribution in [0.1, 0.15) is 43.2 Å². The van der Waals surface area contributed by atoms with Crippen LogP contribution in [0.25, 0.3) is 10.8 Å². The molecule has 4 rings (SSSR count). The van der Waals surface area contributed by atoms with Crippen LogP contribution in [0.3, 0.4) is 0 Å². The van der Waals surface area contributed by atoms with Crippen molar-refractivity contribution in [2.75, 3.05) is 13.1 Å². The fraction of sp³-hybridized carbons (Fsp3) is 0.455. The molecule has 2 heterocycles. The van der Waals surface area contributed by atoms with Crippen LogP contribution in [-0.4, -0.2) is 36.0 Å². The number of hydrogen-bond acceptors (Lipinski definition) is 3. The molecule has 2 aromatic rings. The highest BCUT2D eigenvalue weighted by Crippen LogP contribution is 2.25.